The van der Waals surface area contributed by atoms with Crippen LogP contribution >= 0.6 is 11.3 Å². The molecular weight excluding hydrogens is 586 g/mol. The van der Waals surface area contributed by atoms with Gasteiger partial charge in [-0.15, -0.1) is 0 Å². The fourth-order valence-corrected chi connectivity index (χ4v) is 5.59. The number of aryl methyl sites for hydroxylation is 1. The molecule has 1 aliphatic heterocycles. The Morgan fingerprint density at radius 3 is 2.41 bits per heavy atom. The SMILES string of the molecule is C=CCOC(=O)c1sc(N2C(=O)C(=O)/C(=C(/O)c3ccc(OCc4ccccc4)cc3)C2c2ccc([N+](=O)[O-])cc2)nc1C. The molecule has 2 heterocycles. The molecule has 0 aliphatic carbocycles. The summed E-state index contributed by atoms with van der Waals surface area (Å²) in [6.07, 6.45) is 1.41. The Balaban J connectivity index is 1.54. The molecule has 5 rings (SSSR count). The molecule has 3 aromatic carbocycles. The number of nitrogens with zero attached hydrogens (tertiary/aromatic N) is 3. The molecule has 0 saturated carbocycles. The zero-order chi connectivity index (χ0) is 31.4. The number of thiazole rings is 1. The van der Waals surface area contributed by atoms with Crippen LogP contribution < -0.4 is 9.64 Å². The Hall–Kier alpha value is -5.62. The van der Waals surface area contributed by atoms with Crippen LogP contribution in [0.25, 0.3) is 5.76 Å². The van der Waals surface area contributed by atoms with E-state index in [1.807, 2.05) is 30.3 Å². The molecular formula is C32H25N3O8S. The van der Waals surface area contributed by atoms with Gasteiger partial charge < -0.3 is 14.6 Å². The molecule has 1 unspecified atom stereocenters. The van der Waals surface area contributed by atoms with E-state index in [2.05, 4.69) is 11.6 Å². The van der Waals surface area contributed by atoms with Gasteiger partial charge in [-0.05, 0) is 54.4 Å². The third kappa shape index (κ3) is 5.96. The van der Waals surface area contributed by atoms with Gasteiger partial charge >= 0.3 is 11.9 Å². The largest absolute Gasteiger partial charge is 0.507 e. The number of Topliss-reactive ketones (excluding diaryl/α,β-unsaturated/α-hetero) is 1. The zero-order valence-electron chi connectivity index (χ0n) is 23.3. The van der Waals surface area contributed by atoms with Crippen LogP contribution in [0.15, 0.2) is 97.1 Å². The molecule has 0 bridgehead atoms. The molecule has 4 aromatic rings. The Bertz CT molecular complexity index is 1780. The number of esters is 1. The number of aliphatic hydroxyl groups excluding tert-OH is 1. The Morgan fingerprint density at radius 1 is 1.09 bits per heavy atom. The maximum Gasteiger partial charge on any atom is 0.350 e. The van der Waals surface area contributed by atoms with Gasteiger partial charge in [0.1, 0.15) is 29.6 Å². The van der Waals surface area contributed by atoms with Crippen molar-refractivity contribution in [2.45, 2.75) is 19.6 Å². The number of carbonyl (C=O) groups is 3. The predicted molar refractivity (Wildman–Crippen MR) is 162 cm³/mol. The van der Waals surface area contributed by atoms with Gasteiger partial charge in [0.15, 0.2) is 5.13 Å². The number of carbonyl (C=O) groups excluding carboxylic acids is 3. The molecule has 1 aliphatic rings. The number of hydrogen-bond donors (Lipinski definition) is 1. The third-order valence-corrected chi connectivity index (χ3v) is 7.89. The van der Waals surface area contributed by atoms with Gasteiger partial charge in [-0.2, -0.15) is 0 Å². The second kappa shape index (κ2) is 12.7. The van der Waals surface area contributed by atoms with Crippen molar-refractivity contribution in [2.24, 2.45) is 0 Å². The van der Waals surface area contributed by atoms with Gasteiger partial charge in [0.25, 0.3) is 11.5 Å². The van der Waals surface area contributed by atoms with Gasteiger partial charge in [-0.1, -0.05) is 54.3 Å². The highest BCUT2D eigenvalue weighted by Gasteiger charge is 2.48. The van der Waals surface area contributed by atoms with E-state index in [-0.39, 0.29) is 39.1 Å². The molecule has 1 atom stereocenters. The van der Waals surface area contributed by atoms with E-state index >= 15 is 0 Å². The lowest BCUT2D eigenvalue weighted by Gasteiger charge is -2.23. The fraction of sp³-hybridized carbons (Fsp3) is 0.125. The monoisotopic (exact) mass is 611 g/mol. The number of ketones is 1. The van der Waals surface area contributed by atoms with Gasteiger partial charge in [0.2, 0.25) is 0 Å². The molecule has 1 aromatic heterocycles. The molecule has 12 heteroatoms. The Labute approximate surface area is 255 Å². The van der Waals surface area contributed by atoms with Crippen LogP contribution in [-0.2, 0) is 20.9 Å². The molecule has 1 amide bonds. The number of hydrogen-bond acceptors (Lipinski definition) is 10. The summed E-state index contributed by atoms with van der Waals surface area (Å²) in [4.78, 5) is 55.8. The van der Waals surface area contributed by atoms with Gasteiger partial charge in [0.05, 0.1) is 22.2 Å². The van der Waals surface area contributed by atoms with Crippen molar-refractivity contribution in [2.75, 3.05) is 11.5 Å². The Morgan fingerprint density at radius 2 is 1.77 bits per heavy atom. The minimum absolute atomic E-state index is 0.0159. The molecule has 0 radical (unpaired) electrons. The standard InChI is InChI=1S/C32H25N3O8S/c1-3-17-42-31(39)29-19(2)33-32(44-29)34-26(21-9-13-23(14-10-21)35(40)41)25(28(37)30(34)38)27(36)22-11-15-24(16-12-22)43-18-20-7-5-4-6-8-20/h3-16,26,36H,1,17-18H2,2H3/b27-25+. The lowest BCUT2D eigenvalue weighted by Crippen LogP contribution is -2.29. The molecule has 222 valence electrons. The van der Waals surface area contributed by atoms with E-state index in [9.17, 15) is 29.6 Å². The maximum absolute atomic E-state index is 13.5. The van der Waals surface area contributed by atoms with Crippen LogP contribution in [0.5, 0.6) is 5.75 Å². The quantitative estimate of drug-likeness (QED) is 0.0439. The normalized spacial score (nSPS) is 15.7. The number of non-ortho nitro benzene ring substituents is 1. The minimum atomic E-state index is -1.20. The first kappa shape index (κ1) is 29.9. The third-order valence-electron chi connectivity index (χ3n) is 6.75. The summed E-state index contributed by atoms with van der Waals surface area (Å²) in [5.41, 5.74) is 1.35. The van der Waals surface area contributed by atoms with Crippen molar-refractivity contribution in [1.82, 2.24) is 4.98 Å². The van der Waals surface area contributed by atoms with Crippen LogP contribution in [0, 0.1) is 17.0 Å². The van der Waals surface area contributed by atoms with Crippen LogP contribution in [0.3, 0.4) is 0 Å². The van der Waals surface area contributed by atoms with Crippen molar-refractivity contribution in [3.8, 4) is 5.75 Å². The summed E-state index contributed by atoms with van der Waals surface area (Å²) in [6, 6.07) is 20.0. The summed E-state index contributed by atoms with van der Waals surface area (Å²) in [6.45, 7) is 5.37. The number of anilines is 1. The number of benzene rings is 3. The number of aliphatic hydroxyl groups is 1. The van der Waals surface area contributed by atoms with E-state index < -0.39 is 34.4 Å². The molecule has 0 spiro atoms. The average molecular weight is 612 g/mol. The molecule has 11 nitrogen and oxygen atoms in total. The average Bonchev–Trinajstić information content (AvgIpc) is 3.55. The van der Waals surface area contributed by atoms with Gasteiger partial charge in [0, 0.05) is 17.7 Å². The van der Waals surface area contributed by atoms with Gasteiger partial charge in [-0.25, -0.2) is 9.78 Å². The van der Waals surface area contributed by atoms with Crippen LogP contribution in [0.2, 0.25) is 0 Å². The maximum atomic E-state index is 13.5. The van der Waals surface area contributed by atoms with Crippen molar-refractivity contribution in [3.63, 3.8) is 0 Å². The molecule has 44 heavy (non-hydrogen) atoms. The second-order valence-corrected chi connectivity index (χ2v) is 10.6. The zero-order valence-corrected chi connectivity index (χ0v) is 24.2. The number of nitro groups is 1. The number of ether oxygens (including phenoxy) is 2. The second-order valence-electron chi connectivity index (χ2n) is 9.61. The fourth-order valence-electron chi connectivity index (χ4n) is 4.60. The van der Waals surface area contributed by atoms with E-state index in [4.69, 9.17) is 9.47 Å². The first-order valence-corrected chi connectivity index (χ1v) is 14.1. The van der Waals surface area contributed by atoms with E-state index in [1.54, 1.807) is 31.2 Å². The summed E-state index contributed by atoms with van der Waals surface area (Å²) in [5.74, 6) is -2.59. The number of nitro benzene ring substituents is 1. The van der Waals surface area contributed by atoms with Gasteiger partial charge in [-0.3, -0.25) is 24.6 Å². The van der Waals surface area contributed by atoms with Crippen molar-refractivity contribution in [3.05, 3.63) is 134 Å². The first-order chi connectivity index (χ1) is 21.2. The van der Waals surface area contributed by atoms with E-state index in [0.29, 0.717) is 17.9 Å². The summed E-state index contributed by atoms with van der Waals surface area (Å²) >= 11 is 0.847. The lowest BCUT2D eigenvalue weighted by molar-refractivity contribution is -0.384. The van der Waals surface area contributed by atoms with Crippen LogP contribution in [0.4, 0.5) is 10.8 Å². The smallest absolute Gasteiger partial charge is 0.350 e. The first-order valence-electron chi connectivity index (χ1n) is 13.3. The highest BCUT2D eigenvalue weighted by atomic mass is 32.1. The van der Waals surface area contributed by atoms with E-state index in [0.717, 1.165) is 21.8 Å². The summed E-state index contributed by atoms with van der Waals surface area (Å²) in [5, 5.41) is 22.7. The molecule has 1 saturated heterocycles. The topological polar surface area (TPSA) is 149 Å². The Kier molecular flexibility index (Phi) is 8.63. The van der Waals surface area contributed by atoms with Crippen LogP contribution in [0.1, 0.15) is 38.1 Å². The number of amides is 1. The highest BCUT2D eigenvalue weighted by molar-refractivity contribution is 7.17. The summed E-state index contributed by atoms with van der Waals surface area (Å²) in [7, 11) is 0. The molecule has 1 N–H and O–H groups in total. The minimum Gasteiger partial charge on any atom is -0.507 e. The molecule has 1 fully saturated rings. The predicted octanol–water partition coefficient (Wildman–Crippen LogP) is 5.91. The van der Waals surface area contributed by atoms with Crippen molar-refractivity contribution >= 4 is 45.6 Å². The summed E-state index contributed by atoms with van der Waals surface area (Å²) < 4.78 is 10.9. The van der Waals surface area contributed by atoms with Crippen molar-refractivity contribution < 1.29 is 33.9 Å². The lowest BCUT2D eigenvalue weighted by atomic mass is 9.95. The number of rotatable bonds is 10. The highest BCUT2D eigenvalue weighted by Crippen LogP contribution is 2.44. The van der Waals surface area contributed by atoms with E-state index in [1.165, 1.54) is 30.3 Å². The van der Waals surface area contributed by atoms with Crippen molar-refractivity contribution in [1.29, 1.82) is 0 Å². The number of aromatic nitrogens is 1. The van der Waals surface area contributed by atoms with Crippen LogP contribution in [-0.4, -0.2) is 39.3 Å².